The molecule has 0 amide bonds. The Kier molecular flexibility index (Phi) is 6.83. The molecule has 1 N–H and O–H groups in total. The molecule has 0 aliphatic heterocycles. The van der Waals surface area contributed by atoms with Crippen LogP contribution in [0.2, 0.25) is 0 Å². The molecule has 0 radical (unpaired) electrons. The molecule has 0 saturated carbocycles. The van der Waals surface area contributed by atoms with Gasteiger partial charge in [0.1, 0.15) is 5.75 Å². The Bertz CT molecular complexity index is 419. The van der Waals surface area contributed by atoms with Crippen molar-refractivity contribution in [3.63, 3.8) is 0 Å². The fourth-order valence-corrected chi connectivity index (χ4v) is 1.74. The van der Waals surface area contributed by atoms with E-state index in [0.717, 1.165) is 42.0 Å². The molecule has 1 rings (SSSR count). The van der Waals surface area contributed by atoms with E-state index in [1.807, 2.05) is 18.2 Å². The molecule has 1 atom stereocenters. The van der Waals surface area contributed by atoms with E-state index in [0.29, 0.717) is 0 Å². The van der Waals surface area contributed by atoms with Crippen molar-refractivity contribution in [2.75, 3.05) is 13.3 Å². The number of hydrogen-bond donors (Lipinski definition) is 1. The number of hydrogen-bond acceptors (Lipinski definition) is 2. The van der Waals surface area contributed by atoms with Crippen LogP contribution in [0.15, 0.2) is 24.3 Å². The third-order valence-electron chi connectivity index (χ3n) is 2.38. The van der Waals surface area contributed by atoms with Crippen LogP contribution in [-0.2, 0) is 11.2 Å². The Labute approximate surface area is 104 Å². The Morgan fingerprint density at radius 1 is 1.50 bits per heavy atom. The van der Waals surface area contributed by atoms with E-state index < -0.39 is 5.97 Å². The predicted octanol–water partition coefficient (Wildman–Crippen LogP) is 2.60. The van der Waals surface area contributed by atoms with Gasteiger partial charge in [0.15, 0.2) is 0 Å². The van der Waals surface area contributed by atoms with Crippen LogP contribution in [0, 0.1) is 0 Å². The Hall–Kier alpha value is -2.34. The van der Waals surface area contributed by atoms with Gasteiger partial charge < -0.3 is 9.84 Å². The first kappa shape index (κ1) is 15.7. The molecule has 0 aliphatic carbocycles. The molecule has 1 aromatic rings. The van der Waals surface area contributed by atoms with Crippen LogP contribution in [0.5, 0.6) is 5.75 Å². The first-order chi connectivity index (χ1) is 8.17. The predicted molar refractivity (Wildman–Crippen MR) is 72.6 cm³/mol. The first-order valence-corrected chi connectivity index (χ1v) is 6.27. The Morgan fingerprint density at radius 2 is 2.22 bits per heavy atom. The van der Waals surface area contributed by atoms with Gasteiger partial charge in [0.05, 0.1) is 7.11 Å². The van der Waals surface area contributed by atoms with Crippen molar-refractivity contribution >= 4 is 21.3 Å². The number of methoxy groups -OCH3 is 1. The number of rotatable bonds is 6. The van der Waals surface area contributed by atoms with Crippen molar-refractivity contribution in [2.45, 2.75) is 12.8 Å². The van der Waals surface area contributed by atoms with Crippen LogP contribution in [0.1, 0.15) is 17.5 Å². The van der Waals surface area contributed by atoms with Crippen molar-refractivity contribution in [3.05, 3.63) is 35.4 Å². The van der Waals surface area contributed by atoms with Gasteiger partial charge in [-0.1, -0.05) is 12.1 Å². The zero-order valence-corrected chi connectivity index (χ0v) is 18.1. The molecule has 0 bridgehead atoms. The Morgan fingerprint density at radius 3 is 2.78 bits per heavy atom. The largest absolute Gasteiger partial charge is 0.496 e. The molecule has 0 heterocycles. The van der Waals surface area contributed by atoms with Gasteiger partial charge in [0.2, 0.25) is 0 Å². The topological polar surface area (TPSA) is 46.5 Å². The molecule has 1 unspecified atom stereocenters. The molecule has 3 nitrogen and oxygen atoms in total. The summed E-state index contributed by atoms with van der Waals surface area (Å²) in [6, 6.07) is 5.75. The molecule has 1 aromatic carbocycles. The normalized spacial score (nSPS) is 10.1. The summed E-state index contributed by atoms with van der Waals surface area (Å²) < 4.78 is 5.30. The number of aliphatic carboxylic acids is 1. The van der Waals surface area contributed by atoms with E-state index in [1.54, 1.807) is 13.2 Å². The molecule has 0 spiro atoms. The van der Waals surface area contributed by atoms with Gasteiger partial charge in [0.25, 0.3) is 0 Å². The van der Waals surface area contributed by atoms with Crippen LogP contribution in [0.25, 0.3) is 6.08 Å². The maximum Gasteiger partial charge on any atom is 0.328 e. The second-order valence-electron chi connectivity index (χ2n) is 3.64. The van der Waals surface area contributed by atoms with Crippen molar-refractivity contribution in [1.29, 1.82) is 0 Å². The van der Waals surface area contributed by atoms with Crippen LogP contribution in [0.3, 0.4) is 0 Å². The zero-order valence-electron chi connectivity index (χ0n) is 10.6. The minimum atomic E-state index is -0.948. The van der Waals surface area contributed by atoms with Crippen LogP contribution < -0.4 is 4.74 Å². The van der Waals surface area contributed by atoms with Gasteiger partial charge in [-0.2, -0.15) is 0 Å². The molecular weight excluding hydrogens is 502 g/mol. The number of carboxylic acid groups (broad SMARTS) is 1. The molecule has 0 aromatic heterocycles. The van der Waals surface area contributed by atoms with Crippen molar-refractivity contribution < 1.29 is 14.6 Å². The number of carbonyl (C=O) groups is 1. The van der Waals surface area contributed by atoms with Crippen LogP contribution in [0.4, 0.5) is 0 Å². The number of aryl methyl sites for hydroxylation is 1. The number of ether oxygens (including phenoxy) is 1. The molecule has 0 saturated heterocycles. The maximum absolute atomic E-state index is 10.4. The molecule has 94 valence electrons. The minimum absolute atomic E-state index is 0. The van der Waals surface area contributed by atoms with Gasteiger partial charge >= 0.3 is 5.97 Å². The SMILES string of the molecule is COc1cc(/C=C/C(=O)O)ccc1CCCP.[Rf]. The average molecular weight is 519 g/mol. The van der Waals surface area contributed by atoms with Crippen LogP contribution in [-0.4, -0.2) is 24.3 Å². The Balaban J connectivity index is 0.00000289. The summed E-state index contributed by atoms with van der Waals surface area (Å²) in [5.41, 5.74) is 1.99. The van der Waals surface area contributed by atoms with E-state index in [1.165, 1.54) is 0 Å². The summed E-state index contributed by atoms with van der Waals surface area (Å²) in [6.07, 6.45) is 5.80. The van der Waals surface area contributed by atoms with E-state index >= 15 is 0 Å². The summed E-state index contributed by atoms with van der Waals surface area (Å²) in [6.45, 7) is 0. The second kappa shape index (κ2) is 7.86. The first-order valence-electron chi connectivity index (χ1n) is 5.45. The van der Waals surface area contributed by atoms with E-state index in [4.69, 9.17) is 9.84 Å². The summed E-state index contributed by atoms with van der Waals surface area (Å²) in [5.74, 6) is -0.132. The fourth-order valence-electron chi connectivity index (χ4n) is 1.53. The van der Waals surface area contributed by atoms with E-state index in [9.17, 15) is 4.79 Å². The van der Waals surface area contributed by atoms with E-state index in [2.05, 4.69) is 9.24 Å². The third-order valence-corrected chi connectivity index (χ3v) is 2.79. The van der Waals surface area contributed by atoms with Gasteiger partial charge in [-0.05, 0) is 42.3 Å². The fraction of sp³-hybridized carbons (Fsp3) is 0.308. The molecule has 0 aliphatic rings. The smallest absolute Gasteiger partial charge is 0.328 e. The molecule has 5 heteroatoms. The van der Waals surface area contributed by atoms with Crippen molar-refractivity contribution in [2.24, 2.45) is 0 Å². The molecule has 18 heavy (non-hydrogen) atoms. The summed E-state index contributed by atoms with van der Waals surface area (Å²) in [7, 11) is 4.33. The molecular formula is C13H17O3PRf. The van der Waals surface area contributed by atoms with Gasteiger partial charge in [-0.3, -0.25) is 0 Å². The summed E-state index contributed by atoms with van der Waals surface area (Å²) in [5, 5.41) is 8.55. The maximum atomic E-state index is 10.4. The average Bonchev–Trinajstić information content (AvgIpc) is 2.34. The van der Waals surface area contributed by atoms with Gasteiger partial charge in [-0.25, -0.2) is 4.79 Å². The second-order valence-corrected chi connectivity index (χ2v) is 4.21. The zero-order chi connectivity index (χ0) is 12.7. The summed E-state index contributed by atoms with van der Waals surface area (Å²) >= 11 is 0. The van der Waals surface area contributed by atoms with Gasteiger partial charge in [0, 0.05) is 6.08 Å². The quantitative estimate of drug-likeness (QED) is 0.465. The van der Waals surface area contributed by atoms with Crippen molar-refractivity contribution in [1.82, 2.24) is 0 Å². The summed E-state index contributed by atoms with van der Waals surface area (Å²) in [4.78, 5) is 10.4. The minimum Gasteiger partial charge on any atom is -0.496 e. The monoisotopic (exact) mass is 519 g/mol. The van der Waals surface area contributed by atoms with Crippen molar-refractivity contribution in [3.8, 4) is 5.75 Å². The molecule has 0 fully saturated rings. The number of carboxylic acids is 1. The number of benzene rings is 1. The van der Waals surface area contributed by atoms with Gasteiger partial charge in [-0.15, -0.1) is 9.24 Å². The standard InChI is InChI=1S/C13H17O3P.Rf/c1-16-12-9-10(5-7-13(14)15)4-6-11(12)3-2-8-17;/h4-7,9H,2-3,8,17H2,1H3,(H,14,15);/b7-5+;. The van der Waals surface area contributed by atoms with Crippen LogP contribution >= 0.6 is 9.24 Å². The third kappa shape index (κ3) is 4.67. The van der Waals surface area contributed by atoms with E-state index in [-0.39, 0.29) is 0 Å².